The van der Waals surface area contributed by atoms with Gasteiger partial charge in [-0.05, 0) is 28.7 Å². The molecule has 0 aliphatic rings. The third-order valence-corrected chi connectivity index (χ3v) is 3.48. The molecule has 118 valence electrons. The molecule has 2 aromatic rings. The van der Waals surface area contributed by atoms with Crippen molar-refractivity contribution in [2.75, 3.05) is 0 Å². The second-order valence-electron chi connectivity index (χ2n) is 5.20. The number of carboxylic acids is 2. The van der Waals surface area contributed by atoms with Crippen molar-refractivity contribution < 1.29 is 19.8 Å². The van der Waals surface area contributed by atoms with Crippen molar-refractivity contribution in [3.63, 3.8) is 0 Å². The zero-order chi connectivity index (χ0) is 16.7. The zero-order valence-electron chi connectivity index (χ0n) is 12.6. The van der Waals surface area contributed by atoms with E-state index in [2.05, 4.69) is 0 Å². The van der Waals surface area contributed by atoms with Crippen molar-refractivity contribution >= 4 is 23.6 Å². The first-order chi connectivity index (χ1) is 11.1. The van der Waals surface area contributed by atoms with Gasteiger partial charge in [-0.3, -0.25) is 9.59 Å². The summed E-state index contributed by atoms with van der Waals surface area (Å²) in [5.41, 5.74) is 3.34. The third-order valence-electron chi connectivity index (χ3n) is 3.48. The fourth-order valence-electron chi connectivity index (χ4n) is 2.38. The highest BCUT2D eigenvalue weighted by molar-refractivity contribution is 5.85. The molecule has 0 fully saturated rings. The molecule has 0 aliphatic carbocycles. The Labute approximate surface area is 134 Å². The first-order valence-corrected chi connectivity index (χ1v) is 7.34. The summed E-state index contributed by atoms with van der Waals surface area (Å²) in [6, 6.07) is 16.8. The second-order valence-corrected chi connectivity index (χ2v) is 5.20. The molecule has 4 heteroatoms. The van der Waals surface area contributed by atoms with Gasteiger partial charge in [-0.2, -0.15) is 0 Å². The van der Waals surface area contributed by atoms with E-state index in [4.69, 9.17) is 10.2 Å². The van der Waals surface area contributed by atoms with Gasteiger partial charge in [-0.15, -0.1) is 0 Å². The molecule has 2 N–H and O–H groups in total. The number of aliphatic carboxylic acids is 2. The van der Waals surface area contributed by atoms with Gasteiger partial charge in [0, 0.05) is 6.42 Å². The third kappa shape index (κ3) is 5.11. The van der Waals surface area contributed by atoms with Crippen LogP contribution in [-0.2, 0) is 16.0 Å². The molecular formula is C19H18O4. The van der Waals surface area contributed by atoms with Gasteiger partial charge in [0.1, 0.15) is 0 Å². The lowest BCUT2D eigenvalue weighted by atomic mass is 9.96. The summed E-state index contributed by atoms with van der Waals surface area (Å²) < 4.78 is 0. The molecule has 0 aromatic heterocycles. The number of hydrogen-bond donors (Lipinski definition) is 2. The number of benzene rings is 2. The maximum absolute atomic E-state index is 11.0. The van der Waals surface area contributed by atoms with E-state index in [1.54, 1.807) is 12.1 Å². The summed E-state index contributed by atoms with van der Waals surface area (Å²) in [6.07, 6.45) is 2.24. The molecule has 0 atom stereocenters. The quantitative estimate of drug-likeness (QED) is 0.764. The topological polar surface area (TPSA) is 74.6 Å². The van der Waals surface area contributed by atoms with Gasteiger partial charge in [0.05, 0.1) is 6.42 Å². The molecule has 0 aliphatic heterocycles. The number of hydrogen-bond acceptors (Lipinski definition) is 2. The Morgan fingerprint density at radius 2 is 1.48 bits per heavy atom. The Morgan fingerprint density at radius 1 is 0.826 bits per heavy atom. The molecule has 0 bridgehead atoms. The van der Waals surface area contributed by atoms with Gasteiger partial charge < -0.3 is 10.2 Å². The molecule has 0 saturated heterocycles. The summed E-state index contributed by atoms with van der Waals surface area (Å²) in [5.74, 6) is -1.75. The summed E-state index contributed by atoms with van der Waals surface area (Å²) in [7, 11) is 0. The SMILES string of the molecule is O=C(O)CCC(=Cc1ccccc1CC(=O)O)c1ccccc1. The van der Waals surface area contributed by atoms with E-state index in [0.29, 0.717) is 12.0 Å². The maximum Gasteiger partial charge on any atom is 0.307 e. The Balaban J connectivity index is 2.40. The fraction of sp³-hybridized carbons (Fsp3) is 0.158. The second kappa shape index (κ2) is 7.94. The van der Waals surface area contributed by atoms with Crippen LogP contribution in [0.15, 0.2) is 54.6 Å². The number of allylic oxidation sites excluding steroid dienone is 1. The summed E-state index contributed by atoms with van der Waals surface area (Å²) in [5, 5.41) is 18.0. The van der Waals surface area contributed by atoms with Gasteiger partial charge in [-0.1, -0.05) is 60.7 Å². The van der Waals surface area contributed by atoms with Crippen LogP contribution in [0, 0.1) is 0 Å². The molecule has 4 nitrogen and oxygen atoms in total. The van der Waals surface area contributed by atoms with Crippen molar-refractivity contribution in [1.82, 2.24) is 0 Å². The van der Waals surface area contributed by atoms with Crippen LogP contribution in [0.4, 0.5) is 0 Å². The minimum Gasteiger partial charge on any atom is -0.481 e. The van der Waals surface area contributed by atoms with Gasteiger partial charge >= 0.3 is 11.9 Å². The smallest absolute Gasteiger partial charge is 0.307 e. The average Bonchev–Trinajstić information content (AvgIpc) is 2.53. The highest BCUT2D eigenvalue weighted by Gasteiger charge is 2.09. The van der Waals surface area contributed by atoms with Crippen molar-refractivity contribution in [1.29, 1.82) is 0 Å². The molecule has 0 saturated carbocycles. The molecule has 0 radical (unpaired) electrons. The predicted octanol–water partition coefficient (Wildman–Crippen LogP) is 3.72. The van der Waals surface area contributed by atoms with Crippen LogP contribution >= 0.6 is 0 Å². The number of carboxylic acid groups (broad SMARTS) is 2. The van der Waals surface area contributed by atoms with Gasteiger partial charge in [0.2, 0.25) is 0 Å². The Kier molecular flexibility index (Phi) is 5.69. The van der Waals surface area contributed by atoms with Crippen LogP contribution < -0.4 is 0 Å². The molecule has 0 amide bonds. The Hall–Kier alpha value is -2.88. The molecule has 2 rings (SSSR count). The number of carbonyl (C=O) groups is 2. The minimum absolute atomic E-state index is 0.0296. The van der Waals surface area contributed by atoms with E-state index >= 15 is 0 Å². The van der Waals surface area contributed by atoms with Crippen LogP contribution in [0.25, 0.3) is 11.6 Å². The van der Waals surface area contributed by atoms with E-state index in [1.807, 2.05) is 48.5 Å². The van der Waals surface area contributed by atoms with E-state index in [9.17, 15) is 9.59 Å². The van der Waals surface area contributed by atoms with Gasteiger partial charge in [0.15, 0.2) is 0 Å². The van der Waals surface area contributed by atoms with Gasteiger partial charge in [-0.25, -0.2) is 0 Å². The number of rotatable bonds is 7. The summed E-state index contributed by atoms with van der Waals surface area (Å²) in [4.78, 5) is 21.9. The largest absolute Gasteiger partial charge is 0.481 e. The van der Waals surface area contributed by atoms with E-state index in [0.717, 1.165) is 16.7 Å². The minimum atomic E-state index is -0.891. The highest BCUT2D eigenvalue weighted by atomic mass is 16.4. The Bertz CT molecular complexity index is 717. The molecule has 0 unspecified atom stereocenters. The average molecular weight is 310 g/mol. The van der Waals surface area contributed by atoms with E-state index < -0.39 is 11.9 Å². The van der Waals surface area contributed by atoms with Gasteiger partial charge in [0.25, 0.3) is 0 Å². The Morgan fingerprint density at radius 3 is 2.13 bits per heavy atom. The van der Waals surface area contributed by atoms with Crippen molar-refractivity contribution in [2.45, 2.75) is 19.3 Å². The molecule has 0 heterocycles. The van der Waals surface area contributed by atoms with Crippen LogP contribution in [0.1, 0.15) is 29.5 Å². The fourth-order valence-corrected chi connectivity index (χ4v) is 2.38. The first kappa shape index (κ1) is 16.5. The molecule has 0 spiro atoms. The lowest BCUT2D eigenvalue weighted by Crippen LogP contribution is -2.02. The summed E-state index contributed by atoms with van der Waals surface area (Å²) >= 11 is 0. The zero-order valence-corrected chi connectivity index (χ0v) is 12.6. The van der Waals surface area contributed by atoms with Crippen LogP contribution in [0.2, 0.25) is 0 Å². The first-order valence-electron chi connectivity index (χ1n) is 7.34. The van der Waals surface area contributed by atoms with E-state index in [1.165, 1.54) is 0 Å². The standard InChI is InChI=1S/C19H18O4/c20-18(21)11-10-17(14-6-2-1-3-7-14)12-15-8-4-5-9-16(15)13-19(22)23/h1-9,12H,10-11,13H2,(H,20,21)(H,22,23). The highest BCUT2D eigenvalue weighted by Crippen LogP contribution is 2.24. The van der Waals surface area contributed by atoms with Crippen molar-refractivity contribution in [3.05, 3.63) is 71.3 Å². The van der Waals surface area contributed by atoms with E-state index in [-0.39, 0.29) is 12.8 Å². The maximum atomic E-state index is 11.0. The molecular weight excluding hydrogens is 292 g/mol. The van der Waals surface area contributed by atoms with Crippen LogP contribution in [0.3, 0.4) is 0 Å². The normalized spacial score (nSPS) is 11.2. The lowest BCUT2D eigenvalue weighted by Gasteiger charge is -2.09. The van der Waals surface area contributed by atoms with Crippen molar-refractivity contribution in [2.24, 2.45) is 0 Å². The lowest BCUT2D eigenvalue weighted by molar-refractivity contribution is -0.137. The summed E-state index contributed by atoms with van der Waals surface area (Å²) in [6.45, 7) is 0. The van der Waals surface area contributed by atoms with Crippen molar-refractivity contribution in [3.8, 4) is 0 Å². The monoisotopic (exact) mass is 310 g/mol. The van der Waals surface area contributed by atoms with Crippen LogP contribution in [0.5, 0.6) is 0 Å². The predicted molar refractivity (Wildman–Crippen MR) is 89.0 cm³/mol. The van der Waals surface area contributed by atoms with Crippen LogP contribution in [-0.4, -0.2) is 22.2 Å². The molecule has 2 aromatic carbocycles. The molecule has 23 heavy (non-hydrogen) atoms.